The number of methoxy groups -OCH3 is 1. The fraction of sp³-hybridized carbons (Fsp3) is 0.0417. The van der Waals surface area contributed by atoms with E-state index in [2.05, 4.69) is 9.97 Å². The van der Waals surface area contributed by atoms with E-state index in [4.69, 9.17) is 28.6 Å². The Hall–Kier alpha value is -3.48. The lowest BCUT2D eigenvalue weighted by atomic mass is 10.0. The van der Waals surface area contributed by atoms with Crippen LogP contribution in [-0.4, -0.2) is 21.6 Å². The number of benzene rings is 3. The molecule has 0 aliphatic heterocycles. The van der Waals surface area contributed by atoms with Crippen LogP contribution in [0, 0.1) is 4.77 Å². The molecule has 0 atom stereocenters. The van der Waals surface area contributed by atoms with Crippen molar-refractivity contribution >= 4 is 45.5 Å². The molecule has 0 unspecified atom stereocenters. The van der Waals surface area contributed by atoms with E-state index in [1.54, 1.807) is 37.7 Å². The fourth-order valence-corrected chi connectivity index (χ4v) is 4.25. The third kappa shape index (κ3) is 3.30. The summed E-state index contributed by atoms with van der Waals surface area (Å²) in [4.78, 5) is 20.9. The molecule has 1 N–H and O–H groups in total. The number of aromatic amines is 1. The first-order chi connectivity index (χ1) is 15.1. The van der Waals surface area contributed by atoms with Gasteiger partial charge in [0.15, 0.2) is 4.77 Å². The number of H-pyrrole nitrogens is 1. The minimum absolute atomic E-state index is 0.208. The molecule has 0 aliphatic rings. The number of pyridine rings is 1. The van der Waals surface area contributed by atoms with Crippen molar-refractivity contribution in [3.8, 4) is 22.6 Å². The number of hydrogen-bond acceptors (Lipinski definition) is 4. The predicted octanol–water partition coefficient (Wildman–Crippen LogP) is 5.93. The zero-order valence-electron chi connectivity index (χ0n) is 16.4. The summed E-state index contributed by atoms with van der Waals surface area (Å²) in [5.74, 6) is 0.700. The van der Waals surface area contributed by atoms with Crippen molar-refractivity contribution in [1.29, 1.82) is 0 Å². The lowest BCUT2D eigenvalue weighted by Gasteiger charge is -2.12. The van der Waals surface area contributed by atoms with Gasteiger partial charge in [0.25, 0.3) is 5.56 Å². The maximum absolute atomic E-state index is 13.4. The Kier molecular flexibility index (Phi) is 4.81. The predicted molar refractivity (Wildman–Crippen MR) is 127 cm³/mol. The first-order valence-corrected chi connectivity index (χ1v) is 10.3. The molecule has 0 amide bonds. The fourth-order valence-electron chi connectivity index (χ4n) is 3.74. The lowest BCUT2D eigenvalue weighted by Crippen LogP contribution is -2.21. The van der Waals surface area contributed by atoms with E-state index in [0.29, 0.717) is 32.1 Å². The molecule has 2 aromatic heterocycles. The summed E-state index contributed by atoms with van der Waals surface area (Å²) in [6.45, 7) is 0. The molecular weight excluding hydrogens is 430 g/mol. The Morgan fingerprint density at radius 2 is 1.87 bits per heavy atom. The first-order valence-electron chi connectivity index (χ1n) is 9.53. The Morgan fingerprint density at radius 3 is 2.71 bits per heavy atom. The monoisotopic (exact) mass is 445 g/mol. The third-order valence-electron chi connectivity index (χ3n) is 5.27. The van der Waals surface area contributed by atoms with E-state index in [1.165, 1.54) is 4.57 Å². The molecule has 5 aromatic rings. The SMILES string of the molecule is COc1ccc(Cl)c(-c2ccc3c(=O)n(-c4cncc5ccccc45)c(=S)[nH]c3c2)c1. The Bertz CT molecular complexity index is 1580. The summed E-state index contributed by atoms with van der Waals surface area (Å²) >= 11 is 12.0. The minimum Gasteiger partial charge on any atom is -0.497 e. The summed E-state index contributed by atoms with van der Waals surface area (Å²) in [5, 5.41) is 2.95. The van der Waals surface area contributed by atoms with Crippen molar-refractivity contribution in [2.75, 3.05) is 7.11 Å². The van der Waals surface area contributed by atoms with Gasteiger partial charge in [-0.15, -0.1) is 0 Å². The highest BCUT2D eigenvalue weighted by Gasteiger charge is 2.13. The molecule has 2 heterocycles. The van der Waals surface area contributed by atoms with Gasteiger partial charge in [-0.25, -0.2) is 0 Å². The van der Waals surface area contributed by atoms with Gasteiger partial charge in [0.1, 0.15) is 5.75 Å². The van der Waals surface area contributed by atoms with Crippen molar-refractivity contribution < 1.29 is 4.74 Å². The van der Waals surface area contributed by atoms with Gasteiger partial charge in [-0.2, -0.15) is 0 Å². The van der Waals surface area contributed by atoms with Crippen LogP contribution in [0.5, 0.6) is 5.75 Å². The molecule has 3 aromatic carbocycles. The number of aromatic nitrogens is 3. The molecule has 0 radical (unpaired) electrons. The van der Waals surface area contributed by atoms with E-state index < -0.39 is 0 Å². The maximum atomic E-state index is 13.4. The van der Waals surface area contributed by atoms with Gasteiger partial charge >= 0.3 is 0 Å². The maximum Gasteiger partial charge on any atom is 0.266 e. The number of nitrogens with one attached hydrogen (secondary N) is 1. The van der Waals surface area contributed by atoms with E-state index in [9.17, 15) is 4.79 Å². The van der Waals surface area contributed by atoms with Crippen molar-refractivity contribution in [3.05, 3.63) is 93.2 Å². The summed E-state index contributed by atoms with van der Waals surface area (Å²) < 4.78 is 7.10. The molecular formula is C24H16ClN3O2S. The molecule has 0 bridgehead atoms. The van der Waals surface area contributed by atoms with Gasteiger partial charge in [-0.05, 0) is 48.1 Å². The molecule has 152 valence electrons. The second-order valence-corrected chi connectivity index (χ2v) is 7.85. The first kappa shape index (κ1) is 19.5. The zero-order valence-corrected chi connectivity index (χ0v) is 18.0. The molecule has 31 heavy (non-hydrogen) atoms. The summed E-state index contributed by atoms with van der Waals surface area (Å²) in [6.07, 6.45) is 3.42. The summed E-state index contributed by atoms with van der Waals surface area (Å²) in [5.41, 5.74) is 2.73. The van der Waals surface area contributed by atoms with Crippen LogP contribution in [0.1, 0.15) is 0 Å². The van der Waals surface area contributed by atoms with Crippen molar-refractivity contribution in [2.24, 2.45) is 0 Å². The molecule has 0 saturated heterocycles. The van der Waals surface area contributed by atoms with Crippen molar-refractivity contribution in [1.82, 2.24) is 14.5 Å². The van der Waals surface area contributed by atoms with Crippen LogP contribution >= 0.6 is 23.8 Å². The van der Waals surface area contributed by atoms with E-state index in [0.717, 1.165) is 21.9 Å². The van der Waals surface area contributed by atoms with Crippen LogP contribution in [0.2, 0.25) is 5.02 Å². The second-order valence-electron chi connectivity index (χ2n) is 7.06. The van der Waals surface area contributed by atoms with Crippen LogP contribution < -0.4 is 10.3 Å². The highest BCUT2D eigenvalue weighted by atomic mass is 35.5. The topological polar surface area (TPSA) is 59.9 Å². The van der Waals surface area contributed by atoms with Crippen molar-refractivity contribution in [3.63, 3.8) is 0 Å². The third-order valence-corrected chi connectivity index (χ3v) is 5.88. The number of halogens is 1. The average Bonchev–Trinajstić information content (AvgIpc) is 2.79. The van der Waals surface area contributed by atoms with Crippen LogP contribution in [0.3, 0.4) is 0 Å². The molecule has 7 heteroatoms. The number of ether oxygens (including phenoxy) is 1. The second kappa shape index (κ2) is 7.65. The van der Waals surface area contributed by atoms with Gasteiger partial charge in [0.2, 0.25) is 0 Å². The number of fused-ring (bicyclic) bond motifs is 2. The zero-order chi connectivity index (χ0) is 21.5. The smallest absolute Gasteiger partial charge is 0.266 e. The summed E-state index contributed by atoms with van der Waals surface area (Å²) in [6, 6.07) is 18.7. The van der Waals surface area contributed by atoms with Gasteiger partial charge < -0.3 is 9.72 Å². The van der Waals surface area contributed by atoms with Crippen LogP contribution in [-0.2, 0) is 0 Å². The Morgan fingerprint density at radius 1 is 1.03 bits per heavy atom. The highest BCUT2D eigenvalue weighted by Crippen LogP contribution is 2.32. The molecule has 0 fully saturated rings. The Labute approximate surface area is 187 Å². The van der Waals surface area contributed by atoms with Gasteiger partial charge in [0, 0.05) is 27.6 Å². The van der Waals surface area contributed by atoms with Gasteiger partial charge in [0.05, 0.1) is 29.9 Å². The number of rotatable bonds is 3. The average molecular weight is 446 g/mol. The molecule has 0 aliphatic carbocycles. The molecule has 5 nitrogen and oxygen atoms in total. The lowest BCUT2D eigenvalue weighted by molar-refractivity contribution is 0.415. The normalized spacial score (nSPS) is 11.2. The molecule has 0 saturated carbocycles. The Balaban J connectivity index is 1.74. The van der Waals surface area contributed by atoms with Crippen LogP contribution in [0.25, 0.3) is 38.5 Å². The van der Waals surface area contributed by atoms with Crippen LogP contribution in [0.4, 0.5) is 0 Å². The molecule has 5 rings (SSSR count). The van der Waals surface area contributed by atoms with Crippen LogP contribution in [0.15, 0.2) is 77.9 Å². The van der Waals surface area contributed by atoms with E-state index in [1.807, 2.05) is 42.5 Å². The largest absolute Gasteiger partial charge is 0.497 e. The standard InChI is InChI=1S/C24H16ClN3O2S/c1-30-16-7-9-20(25)19(11-16)14-6-8-18-21(10-14)27-24(31)28(23(18)29)22-13-26-12-15-4-2-3-5-17(15)22/h2-13H,1H3,(H,27,31). The number of hydrogen-bond donors (Lipinski definition) is 1. The van der Waals surface area contributed by atoms with Crippen molar-refractivity contribution in [2.45, 2.75) is 0 Å². The highest BCUT2D eigenvalue weighted by molar-refractivity contribution is 7.71. The van der Waals surface area contributed by atoms with E-state index >= 15 is 0 Å². The van der Waals surface area contributed by atoms with Gasteiger partial charge in [-0.1, -0.05) is 41.9 Å². The molecule has 0 spiro atoms. The summed E-state index contributed by atoms with van der Waals surface area (Å²) in [7, 11) is 1.61. The van der Waals surface area contributed by atoms with E-state index in [-0.39, 0.29) is 5.56 Å². The quantitative estimate of drug-likeness (QED) is 0.350. The minimum atomic E-state index is -0.208. The number of nitrogens with zero attached hydrogens (tertiary/aromatic N) is 2. The van der Waals surface area contributed by atoms with Gasteiger partial charge in [-0.3, -0.25) is 14.3 Å².